The van der Waals surface area contributed by atoms with E-state index >= 15 is 0 Å². The van der Waals surface area contributed by atoms with E-state index in [2.05, 4.69) is 15.9 Å². The first-order valence-corrected chi connectivity index (χ1v) is 5.83. The molecule has 0 unspecified atom stereocenters. The van der Waals surface area contributed by atoms with Gasteiger partial charge in [-0.25, -0.2) is 22.0 Å². The highest BCUT2D eigenvalue weighted by Crippen LogP contribution is 2.25. The van der Waals surface area contributed by atoms with Crippen molar-refractivity contribution in [3.8, 4) is 0 Å². The van der Waals surface area contributed by atoms with Crippen molar-refractivity contribution >= 4 is 22.0 Å². The Labute approximate surface area is 103 Å². The van der Waals surface area contributed by atoms with E-state index in [1.807, 2.05) is 0 Å². The highest BCUT2D eigenvalue weighted by molar-refractivity contribution is 9.09. The van der Waals surface area contributed by atoms with Crippen molar-refractivity contribution in [3.05, 3.63) is 40.2 Å². The van der Waals surface area contributed by atoms with Crippen LogP contribution in [0.25, 0.3) is 6.08 Å². The summed E-state index contributed by atoms with van der Waals surface area (Å²) in [5.41, 5.74) is -0.383. The van der Waals surface area contributed by atoms with E-state index in [0.717, 1.165) is 6.08 Å². The molecule has 0 fully saturated rings. The minimum atomic E-state index is -2.14. The van der Waals surface area contributed by atoms with E-state index in [1.165, 1.54) is 0 Å². The molecule has 0 aliphatic carbocycles. The van der Waals surface area contributed by atoms with E-state index in [0.29, 0.717) is 17.3 Å². The van der Waals surface area contributed by atoms with E-state index in [1.54, 1.807) is 6.92 Å². The molecule has 0 saturated heterocycles. The third-order valence-corrected chi connectivity index (χ3v) is 2.94. The summed E-state index contributed by atoms with van der Waals surface area (Å²) in [7, 11) is 0. The van der Waals surface area contributed by atoms with Crippen molar-refractivity contribution in [1.82, 2.24) is 0 Å². The van der Waals surface area contributed by atoms with Crippen LogP contribution in [0.3, 0.4) is 0 Å². The lowest BCUT2D eigenvalue weighted by atomic mass is 10.1. The number of hydrogen-bond acceptors (Lipinski definition) is 0. The zero-order valence-electron chi connectivity index (χ0n) is 8.76. The number of rotatable bonds is 3. The molecule has 94 valence electrons. The lowest BCUT2D eigenvalue weighted by molar-refractivity contribution is 0.377. The van der Waals surface area contributed by atoms with Gasteiger partial charge in [-0.1, -0.05) is 28.4 Å². The third-order valence-electron chi connectivity index (χ3n) is 2.22. The largest absolute Gasteiger partial charge is 0.203 e. The van der Waals surface area contributed by atoms with Crippen LogP contribution in [0.5, 0.6) is 0 Å². The SMILES string of the molecule is CCC(=Cc1c(F)c(F)c(F)c(F)c1F)CBr. The van der Waals surface area contributed by atoms with Gasteiger partial charge in [0.2, 0.25) is 5.82 Å². The molecule has 1 aromatic rings. The van der Waals surface area contributed by atoms with Gasteiger partial charge in [-0.2, -0.15) is 0 Å². The molecule has 0 aliphatic rings. The standard InChI is InChI=1S/C11H8BrF5/c1-2-5(4-12)3-6-7(13)9(15)11(17)10(16)8(6)14/h3H,2,4H2,1H3. The highest BCUT2D eigenvalue weighted by Gasteiger charge is 2.24. The van der Waals surface area contributed by atoms with Crippen LogP contribution < -0.4 is 0 Å². The van der Waals surface area contributed by atoms with E-state index in [-0.39, 0.29) is 0 Å². The molecular weight excluding hydrogens is 307 g/mol. The second-order valence-corrected chi connectivity index (χ2v) is 3.83. The molecule has 0 saturated carbocycles. The lowest BCUT2D eigenvalue weighted by Gasteiger charge is -2.06. The molecule has 0 N–H and O–H groups in total. The molecule has 0 bridgehead atoms. The Kier molecular flexibility index (Phi) is 4.68. The summed E-state index contributed by atoms with van der Waals surface area (Å²) in [5, 5.41) is 0.295. The maximum atomic E-state index is 13.3. The smallest absolute Gasteiger partial charge is 0.200 e. The first-order valence-electron chi connectivity index (χ1n) is 4.70. The number of halogens is 6. The quantitative estimate of drug-likeness (QED) is 0.332. The van der Waals surface area contributed by atoms with Crippen LogP contribution in [0.15, 0.2) is 5.57 Å². The van der Waals surface area contributed by atoms with Crippen LogP contribution >= 0.6 is 15.9 Å². The highest BCUT2D eigenvalue weighted by atomic mass is 79.9. The van der Waals surface area contributed by atoms with Crippen LogP contribution in [-0.2, 0) is 0 Å². The molecule has 0 nitrogen and oxygen atoms in total. The van der Waals surface area contributed by atoms with Crippen LogP contribution in [0, 0.1) is 29.1 Å². The fraction of sp³-hybridized carbons (Fsp3) is 0.273. The van der Waals surface area contributed by atoms with Crippen LogP contribution in [0.4, 0.5) is 22.0 Å². The predicted molar refractivity (Wildman–Crippen MR) is 58.3 cm³/mol. The summed E-state index contributed by atoms with van der Waals surface area (Å²) >= 11 is 3.06. The van der Waals surface area contributed by atoms with Crippen molar-refractivity contribution < 1.29 is 22.0 Å². The van der Waals surface area contributed by atoms with Crippen LogP contribution in [0.2, 0.25) is 0 Å². The maximum absolute atomic E-state index is 13.3. The van der Waals surface area contributed by atoms with Crippen molar-refractivity contribution in [2.24, 2.45) is 0 Å². The van der Waals surface area contributed by atoms with Gasteiger partial charge < -0.3 is 0 Å². The second kappa shape index (κ2) is 5.62. The molecule has 1 rings (SSSR count). The summed E-state index contributed by atoms with van der Waals surface area (Å²) in [4.78, 5) is 0. The number of hydrogen-bond donors (Lipinski definition) is 0. The first-order chi connectivity index (χ1) is 7.93. The number of benzene rings is 1. The van der Waals surface area contributed by atoms with Crippen LogP contribution in [-0.4, -0.2) is 5.33 Å². The Morgan fingerprint density at radius 3 is 1.71 bits per heavy atom. The molecular formula is C11H8BrF5. The van der Waals surface area contributed by atoms with Gasteiger partial charge in [-0.15, -0.1) is 0 Å². The summed E-state index contributed by atoms with van der Waals surface area (Å²) in [6.07, 6.45) is 1.40. The minimum Gasteiger partial charge on any atom is -0.203 e. The molecule has 17 heavy (non-hydrogen) atoms. The van der Waals surface area contributed by atoms with Gasteiger partial charge in [0, 0.05) is 5.33 Å². The Hall–Kier alpha value is -0.910. The molecule has 0 spiro atoms. The summed E-state index contributed by atoms with van der Waals surface area (Å²) < 4.78 is 65.0. The van der Waals surface area contributed by atoms with Crippen molar-refractivity contribution in [3.63, 3.8) is 0 Å². The fourth-order valence-corrected chi connectivity index (χ4v) is 1.75. The Morgan fingerprint density at radius 1 is 0.941 bits per heavy atom. The molecule has 0 atom stereocenters. The van der Waals surface area contributed by atoms with Gasteiger partial charge in [0.1, 0.15) is 0 Å². The minimum absolute atomic E-state index is 0.295. The van der Waals surface area contributed by atoms with E-state index < -0.39 is 34.6 Å². The third kappa shape index (κ3) is 2.68. The number of allylic oxidation sites excluding steroid dienone is 1. The zero-order chi connectivity index (χ0) is 13.2. The Bertz CT molecular complexity index is 432. The zero-order valence-corrected chi connectivity index (χ0v) is 10.3. The van der Waals surface area contributed by atoms with Crippen molar-refractivity contribution in [1.29, 1.82) is 0 Å². The molecule has 0 radical (unpaired) electrons. The Balaban J connectivity index is 3.49. The van der Waals surface area contributed by atoms with Crippen molar-refractivity contribution in [2.45, 2.75) is 13.3 Å². The molecule has 6 heteroatoms. The summed E-state index contributed by atoms with van der Waals surface area (Å²) in [5.74, 6) is -9.63. The molecule has 1 aromatic carbocycles. The number of alkyl halides is 1. The topological polar surface area (TPSA) is 0 Å². The van der Waals surface area contributed by atoms with Gasteiger partial charge in [0.05, 0.1) is 5.56 Å². The fourth-order valence-electron chi connectivity index (χ4n) is 1.19. The van der Waals surface area contributed by atoms with Crippen molar-refractivity contribution in [2.75, 3.05) is 5.33 Å². The molecule has 0 amide bonds. The normalized spacial score (nSPS) is 12.1. The monoisotopic (exact) mass is 314 g/mol. The lowest BCUT2D eigenvalue weighted by Crippen LogP contribution is -2.04. The predicted octanol–water partition coefficient (Wildman–Crippen LogP) is 4.57. The maximum Gasteiger partial charge on any atom is 0.200 e. The first kappa shape index (κ1) is 14.2. The molecule has 0 aromatic heterocycles. The van der Waals surface area contributed by atoms with Gasteiger partial charge in [0.15, 0.2) is 23.3 Å². The average Bonchev–Trinajstić information content (AvgIpc) is 2.34. The average molecular weight is 315 g/mol. The van der Waals surface area contributed by atoms with E-state index in [4.69, 9.17) is 0 Å². The van der Waals surface area contributed by atoms with Gasteiger partial charge in [0.25, 0.3) is 0 Å². The summed E-state index contributed by atoms with van der Waals surface area (Å²) in [6, 6.07) is 0. The Morgan fingerprint density at radius 2 is 1.35 bits per heavy atom. The van der Waals surface area contributed by atoms with E-state index in [9.17, 15) is 22.0 Å². The van der Waals surface area contributed by atoms with Crippen LogP contribution in [0.1, 0.15) is 18.9 Å². The second-order valence-electron chi connectivity index (χ2n) is 3.27. The van der Waals surface area contributed by atoms with Gasteiger partial charge in [-0.3, -0.25) is 0 Å². The molecule has 0 aliphatic heterocycles. The summed E-state index contributed by atoms with van der Waals surface area (Å²) in [6.45, 7) is 1.71. The van der Waals surface area contributed by atoms with Gasteiger partial charge >= 0.3 is 0 Å². The van der Waals surface area contributed by atoms with Gasteiger partial charge in [-0.05, 0) is 12.5 Å². The molecule has 0 heterocycles.